The normalized spacial score (nSPS) is 15.4. The minimum atomic E-state index is -1.06. The lowest BCUT2D eigenvalue weighted by Gasteiger charge is -2.14. The van der Waals surface area contributed by atoms with Gasteiger partial charge in [-0.1, -0.05) is 55.2 Å². The third-order valence-electron chi connectivity index (χ3n) is 3.81. The Balaban J connectivity index is 1.92. The van der Waals surface area contributed by atoms with E-state index in [2.05, 4.69) is 0 Å². The second-order valence-corrected chi connectivity index (χ2v) is 7.43. The molecule has 7 heteroatoms. The summed E-state index contributed by atoms with van der Waals surface area (Å²) in [5.41, 5.74) is 1.34. The van der Waals surface area contributed by atoms with Gasteiger partial charge in [-0.05, 0) is 36.8 Å². The Morgan fingerprint density at radius 2 is 2.04 bits per heavy atom. The van der Waals surface area contributed by atoms with Crippen molar-refractivity contribution in [1.82, 2.24) is 0 Å². The largest absolute Gasteiger partial charge is 0.493 e. The van der Waals surface area contributed by atoms with Crippen LogP contribution in [0.5, 0.6) is 5.75 Å². The van der Waals surface area contributed by atoms with E-state index in [1.165, 1.54) is 28.8 Å². The molecule has 138 valence electrons. The number of rotatable bonds is 6. The first-order valence-corrected chi connectivity index (χ1v) is 9.57. The molecular formula is C20H17NO4S2. The Morgan fingerprint density at radius 1 is 1.26 bits per heavy atom. The molecule has 1 aliphatic heterocycles. The number of thioether (sulfide) groups is 1. The number of thiocarbonyl (C=S) groups is 1. The van der Waals surface area contributed by atoms with Crippen LogP contribution in [-0.2, 0) is 4.79 Å². The highest BCUT2D eigenvalue weighted by Gasteiger charge is 2.33. The van der Waals surface area contributed by atoms with Crippen LogP contribution in [0.1, 0.15) is 29.3 Å². The highest BCUT2D eigenvalue weighted by atomic mass is 32.2. The van der Waals surface area contributed by atoms with Crippen LogP contribution in [0.3, 0.4) is 0 Å². The van der Waals surface area contributed by atoms with Gasteiger partial charge in [0.1, 0.15) is 5.75 Å². The molecule has 0 unspecified atom stereocenters. The number of ether oxygens (including phenoxy) is 1. The lowest BCUT2D eigenvalue weighted by molar-refractivity contribution is -0.113. The van der Waals surface area contributed by atoms with Gasteiger partial charge in [0.15, 0.2) is 4.32 Å². The Morgan fingerprint density at radius 3 is 2.78 bits per heavy atom. The molecule has 5 nitrogen and oxygen atoms in total. The van der Waals surface area contributed by atoms with Crippen molar-refractivity contribution in [3.63, 3.8) is 0 Å². The summed E-state index contributed by atoms with van der Waals surface area (Å²) in [6.45, 7) is 2.62. The quantitative estimate of drug-likeness (QED) is 0.567. The average molecular weight is 399 g/mol. The number of carbonyl (C=O) groups is 2. The first-order chi connectivity index (χ1) is 13.0. The van der Waals surface area contributed by atoms with Crippen LogP contribution in [0.15, 0.2) is 53.4 Å². The molecule has 1 N–H and O–H groups in total. The molecule has 1 saturated heterocycles. The zero-order valence-corrected chi connectivity index (χ0v) is 16.2. The molecule has 0 aliphatic carbocycles. The molecule has 1 amide bonds. The van der Waals surface area contributed by atoms with Crippen molar-refractivity contribution in [3.05, 3.63) is 64.6 Å². The summed E-state index contributed by atoms with van der Waals surface area (Å²) in [5, 5.41) is 9.17. The maximum Gasteiger partial charge on any atom is 0.335 e. The summed E-state index contributed by atoms with van der Waals surface area (Å²) < 4.78 is 6.10. The van der Waals surface area contributed by atoms with Gasteiger partial charge in [0.25, 0.3) is 5.91 Å². The van der Waals surface area contributed by atoms with Crippen molar-refractivity contribution in [2.45, 2.75) is 13.3 Å². The Hall–Kier alpha value is -2.64. The maximum atomic E-state index is 12.9. The first kappa shape index (κ1) is 19.1. The van der Waals surface area contributed by atoms with E-state index >= 15 is 0 Å². The van der Waals surface area contributed by atoms with Crippen LogP contribution in [0.2, 0.25) is 0 Å². The topological polar surface area (TPSA) is 66.8 Å². The number of hydrogen-bond acceptors (Lipinski definition) is 5. The van der Waals surface area contributed by atoms with E-state index in [1.807, 2.05) is 31.2 Å². The molecule has 1 fully saturated rings. The van der Waals surface area contributed by atoms with Gasteiger partial charge in [-0.3, -0.25) is 9.69 Å². The van der Waals surface area contributed by atoms with Gasteiger partial charge >= 0.3 is 5.97 Å². The molecule has 0 radical (unpaired) electrons. The predicted molar refractivity (Wildman–Crippen MR) is 111 cm³/mol. The Labute approximate surface area is 166 Å². The van der Waals surface area contributed by atoms with E-state index in [-0.39, 0.29) is 11.5 Å². The molecule has 0 atom stereocenters. The minimum absolute atomic E-state index is 0.101. The third kappa shape index (κ3) is 4.20. The molecular weight excluding hydrogens is 382 g/mol. The van der Waals surface area contributed by atoms with E-state index in [0.717, 1.165) is 12.0 Å². The molecule has 3 rings (SSSR count). The zero-order chi connectivity index (χ0) is 19.4. The van der Waals surface area contributed by atoms with Crippen molar-refractivity contribution < 1.29 is 19.4 Å². The van der Waals surface area contributed by atoms with Crippen molar-refractivity contribution in [2.75, 3.05) is 11.5 Å². The van der Waals surface area contributed by atoms with Crippen LogP contribution in [0, 0.1) is 0 Å². The molecule has 0 aromatic heterocycles. The predicted octanol–water partition coefficient (Wildman–Crippen LogP) is 4.58. The monoisotopic (exact) mass is 399 g/mol. The fraction of sp³-hybridized carbons (Fsp3) is 0.150. The van der Waals surface area contributed by atoms with Crippen molar-refractivity contribution in [2.24, 2.45) is 0 Å². The van der Waals surface area contributed by atoms with E-state index < -0.39 is 5.97 Å². The lowest BCUT2D eigenvalue weighted by Crippen LogP contribution is -2.27. The molecule has 0 saturated carbocycles. The number of para-hydroxylation sites is 1. The van der Waals surface area contributed by atoms with E-state index in [0.29, 0.717) is 27.3 Å². The van der Waals surface area contributed by atoms with Crippen molar-refractivity contribution in [1.29, 1.82) is 0 Å². The van der Waals surface area contributed by atoms with Crippen LogP contribution < -0.4 is 9.64 Å². The highest BCUT2D eigenvalue weighted by molar-refractivity contribution is 8.27. The Bertz CT molecular complexity index is 939. The fourth-order valence-corrected chi connectivity index (χ4v) is 3.84. The number of aromatic carboxylic acids is 1. The van der Waals surface area contributed by atoms with Crippen molar-refractivity contribution >= 4 is 51.9 Å². The first-order valence-electron chi connectivity index (χ1n) is 8.34. The minimum Gasteiger partial charge on any atom is -0.493 e. The summed E-state index contributed by atoms with van der Waals surface area (Å²) in [6.07, 6.45) is 2.64. The summed E-state index contributed by atoms with van der Waals surface area (Å²) in [6, 6.07) is 13.7. The fourth-order valence-electron chi connectivity index (χ4n) is 2.55. The van der Waals surface area contributed by atoms with Crippen LogP contribution in [0.25, 0.3) is 6.08 Å². The SMILES string of the molecule is CCCOc1ccccc1/C=C1/SC(=S)N(c2cccc(C(=O)O)c2)C1=O. The van der Waals surface area contributed by atoms with Crippen LogP contribution in [0.4, 0.5) is 5.69 Å². The van der Waals surface area contributed by atoms with E-state index in [1.54, 1.807) is 18.2 Å². The van der Waals surface area contributed by atoms with Crippen LogP contribution >= 0.6 is 24.0 Å². The second kappa shape index (κ2) is 8.37. The van der Waals surface area contributed by atoms with Gasteiger partial charge in [0, 0.05) is 5.56 Å². The number of nitrogens with zero attached hydrogens (tertiary/aromatic N) is 1. The summed E-state index contributed by atoms with van der Waals surface area (Å²) in [5.74, 6) is -0.629. The molecule has 1 aliphatic rings. The smallest absolute Gasteiger partial charge is 0.335 e. The van der Waals surface area contributed by atoms with Gasteiger partial charge < -0.3 is 9.84 Å². The maximum absolute atomic E-state index is 12.9. The molecule has 2 aromatic carbocycles. The number of anilines is 1. The van der Waals surface area contributed by atoms with Gasteiger partial charge in [-0.25, -0.2) is 4.79 Å². The number of amides is 1. The summed E-state index contributed by atoms with van der Waals surface area (Å²) in [4.78, 5) is 25.9. The highest BCUT2D eigenvalue weighted by Crippen LogP contribution is 2.37. The van der Waals surface area contributed by atoms with Crippen molar-refractivity contribution in [3.8, 4) is 5.75 Å². The zero-order valence-electron chi connectivity index (χ0n) is 14.5. The number of benzene rings is 2. The van der Waals surface area contributed by atoms with Gasteiger partial charge in [0.05, 0.1) is 22.8 Å². The Kier molecular flexibility index (Phi) is 5.93. The third-order valence-corrected chi connectivity index (χ3v) is 5.11. The number of carbonyl (C=O) groups excluding carboxylic acids is 1. The number of hydrogen-bond donors (Lipinski definition) is 1. The average Bonchev–Trinajstić information content (AvgIpc) is 2.94. The lowest BCUT2D eigenvalue weighted by atomic mass is 10.1. The van der Waals surface area contributed by atoms with E-state index in [9.17, 15) is 9.59 Å². The second-order valence-electron chi connectivity index (χ2n) is 5.76. The standard InChI is InChI=1S/C20H17NO4S2/c1-2-10-25-16-9-4-3-6-13(16)12-17-18(22)21(20(26)27-17)15-8-5-7-14(11-15)19(23)24/h3-9,11-12H,2,10H2,1H3,(H,23,24)/b17-12+. The summed E-state index contributed by atoms with van der Waals surface area (Å²) in [7, 11) is 0. The van der Waals surface area contributed by atoms with Gasteiger partial charge in [-0.2, -0.15) is 0 Å². The number of carboxylic acids is 1. The number of carboxylic acid groups (broad SMARTS) is 1. The van der Waals surface area contributed by atoms with Gasteiger partial charge in [-0.15, -0.1) is 0 Å². The molecule has 0 spiro atoms. The van der Waals surface area contributed by atoms with Gasteiger partial charge in [0.2, 0.25) is 0 Å². The van der Waals surface area contributed by atoms with E-state index in [4.69, 9.17) is 22.1 Å². The molecule has 0 bridgehead atoms. The molecule has 2 aromatic rings. The molecule has 27 heavy (non-hydrogen) atoms. The molecule has 1 heterocycles. The summed E-state index contributed by atoms with van der Waals surface area (Å²) >= 11 is 6.54. The van der Waals surface area contributed by atoms with Crippen LogP contribution in [-0.4, -0.2) is 27.9 Å².